The van der Waals surface area contributed by atoms with Gasteiger partial charge in [-0.05, 0) is 24.6 Å². The Bertz CT molecular complexity index is 807. The minimum absolute atomic E-state index is 0.0373. The van der Waals surface area contributed by atoms with Crippen molar-refractivity contribution < 1.29 is 9.59 Å². The molecule has 0 aliphatic carbocycles. The second-order valence-corrected chi connectivity index (χ2v) is 8.09. The van der Waals surface area contributed by atoms with Gasteiger partial charge in [0.2, 0.25) is 11.8 Å². The van der Waals surface area contributed by atoms with Gasteiger partial charge in [0.15, 0.2) is 0 Å². The van der Waals surface area contributed by atoms with Crippen molar-refractivity contribution in [2.24, 2.45) is 5.92 Å². The van der Waals surface area contributed by atoms with Crippen molar-refractivity contribution in [3.05, 3.63) is 65.7 Å². The van der Waals surface area contributed by atoms with Crippen LogP contribution in [0.15, 0.2) is 54.6 Å². The number of thioether (sulfide) groups is 1. The van der Waals surface area contributed by atoms with Crippen LogP contribution in [0, 0.1) is 12.8 Å². The van der Waals surface area contributed by atoms with Gasteiger partial charge in [0.25, 0.3) is 0 Å². The summed E-state index contributed by atoms with van der Waals surface area (Å²) in [6.07, 6.45) is 0.301. The van der Waals surface area contributed by atoms with Gasteiger partial charge < -0.3 is 9.80 Å². The Balaban J connectivity index is 1.50. The molecule has 2 aromatic carbocycles. The molecule has 4 nitrogen and oxygen atoms in total. The lowest BCUT2D eigenvalue weighted by Gasteiger charge is -2.26. The van der Waals surface area contributed by atoms with E-state index in [1.54, 1.807) is 16.7 Å². The van der Waals surface area contributed by atoms with Gasteiger partial charge in [0.05, 0.1) is 5.92 Å². The fraction of sp³-hybridized carbons (Fsp3) is 0.333. The highest BCUT2D eigenvalue weighted by molar-refractivity contribution is 7.99. The molecular formula is C21H22N2O2S. The maximum atomic E-state index is 13.1. The summed E-state index contributed by atoms with van der Waals surface area (Å²) in [5.74, 6) is 0.823. The highest BCUT2D eigenvalue weighted by Crippen LogP contribution is 2.39. The smallest absolute Gasteiger partial charge is 0.229 e. The maximum absolute atomic E-state index is 13.1. The number of carbonyl (C=O) groups is 2. The standard InChI is InChI=1S/C21H22N2O2S/c1-15-7-9-18(10-8-15)23-14-17(13-19(23)24)20(25)22-11-12-26-21(22)16-5-3-2-4-6-16/h2-10,17,21H,11-14H2,1H3. The van der Waals surface area contributed by atoms with Crippen molar-refractivity contribution in [3.8, 4) is 0 Å². The quantitative estimate of drug-likeness (QED) is 0.833. The van der Waals surface area contributed by atoms with E-state index in [2.05, 4.69) is 12.1 Å². The van der Waals surface area contributed by atoms with Crippen LogP contribution < -0.4 is 4.90 Å². The lowest BCUT2D eigenvalue weighted by Crippen LogP contribution is -2.37. The Morgan fingerprint density at radius 2 is 1.81 bits per heavy atom. The molecular weight excluding hydrogens is 344 g/mol. The minimum atomic E-state index is -0.256. The van der Waals surface area contributed by atoms with Crippen LogP contribution in [0.2, 0.25) is 0 Å². The fourth-order valence-corrected chi connectivity index (χ4v) is 4.94. The number of amides is 2. The number of hydrogen-bond acceptors (Lipinski definition) is 3. The number of anilines is 1. The topological polar surface area (TPSA) is 40.6 Å². The van der Waals surface area contributed by atoms with Gasteiger partial charge in [0.1, 0.15) is 5.37 Å². The molecule has 2 saturated heterocycles. The van der Waals surface area contributed by atoms with Crippen molar-refractivity contribution in [1.82, 2.24) is 4.90 Å². The van der Waals surface area contributed by atoms with Crippen LogP contribution in [0.4, 0.5) is 5.69 Å². The highest BCUT2D eigenvalue weighted by atomic mass is 32.2. The summed E-state index contributed by atoms with van der Waals surface area (Å²) in [5.41, 5.74) is 3.20. The number of rotatable bonds is 3. The molecule has 134 valence electrons. The van der Waals surface area contributed by atoms with E-state index in [1.807, 2.05) is 54.3 Å². The summed E-state index contributed by atoms with van der Waals surface area (Å²) < 4.78 is 0. The predicted molar refractivity (Wildman–Crippen MR) is 105 cm³/mol. The molecule has 4 rings (SSSR count). The van der Waals surface area contributed by atoms with Crippen molar-refractivity contribution in [2.45, 2.75) is 18.7 Å². The number of hydrogen-bond donors (Lipinski definition) is 0. The summed E-state index contributed by atoms with van der Waals surface area (Å²) in [6, 6.07) is 18.1. The third kappa shape index (κ3) is 3.23. The normalized spacial score (nSPS) is 22.9. The molecule has 0 radical (unpaired) electrons. The second kappa shape index (κ2) is 7.16. The zero-order valence-electron chi connectivity index (χ0n) is 14.8. The first-order chi connectivity index (χ1) is 12.6. The van der Waals surface area contributed by atoms with E-state index in [9.17, 15) is 9.59 Å². The maximum Gasteiger partial charge on any atom is 0.229 e. The van der Waals surface area contributed by atoms with Crippen LogP contribution in [0.1, 0.15) is 22.9 Å². The molecule has 26 heavy (non-hydrogen) atoms. The molecule has 2 aliphatic heterocycles. The Kier molecular flexibility index (Phi) is 4.72. The lowest BCUT2D eigenvalue weighted by molar-refractivity contribution is -0.136. The van der Waals surface area contributed by atoms with E-state index in [1.165, 1.54) is 0 Å². The lowest BCUT2D eigenvalue weighted by atomic mass is 10.1. The van der Waals surface area contributed by atoms with Crippen LogP contribution in [-0.2, 0) is 9.59 Å². The van der Waals surface area contributed by atoms with Gasteiger partial charge in [-0.25, -0.2) is 0 Å². The summed E-state index contributed by atoms with van der Waals surface area (Å²) in [5, 5.41) is 0.0622. The van der Waals surface area contributed by atoms with Gasteiger partial charge >= 0.3 is 0 Å². The van der Waals surface area contributed by atoms with Gasteiger partial charge in [-0.2, -0.15) is 0 Å². The van der Waals surface area contributed by atoms with E-state index in [-0.39, 0.29) is 23.1 Å². The largest absolute Gasteiger partial charge is 0.325 e. The molecule has 2 fully saturated rings. The van der Waals surface area contributed by atoms with Crippen LogP contribution in [0.3, 0.4) is 0 Å². The van der Waals surface area contributed by atoms with Crippen molar-refractivity contribution in [3.63, 3.8) is 0 Å². The molecule has 0 saturated carbocycles. The van der Waals surface area contributed by atoms with Crippen molar-refractivity contribution >= 4 is 29.3 Å². The summed E-state index contributed by atoms with van der Waals surface area (Å²) in [7, 11) is 0. The SMILES string of the molecule is Cc1ccc(N2CC(C(=O)N3CCSC3c3ccccc3)CC2=O)cc1. The molecule has 2 atom stereocenters. The van der Waals surface area contributed by atoms with E-state index in [0.717, 1.165) is 29.1 Å². The molecule has 2 aliphatic rings. The van der Waals surface area contributed by atoms with E-state index in [0.29, 0.717) is 13.0 Å². The van der Waals surface area contributed by atoms with Gasteiger partial charge in [-0.15, -0.1) is 11.8 Å². The van der Waals surface area contributed by atoms with Gasteiger partial charge in [0, 0.05) is 31.0 Å². The number of nitrogens with zero attached hydrogens (tertiary/aromatic N) is 2. The van der Waals surface area contributed by atoms with E-state index < -0.39 is 0 Å². The first kappa shape index (κ1) is 17.2. The summed E-state index contributed by atoms with van der Waals surface area (Å²) >= 11 is 1.80. The Labute approximate surface area is 158 Å². The summed E-state index contributed by atoms with van der Waals surface area (Å²) in [4.78, 5) is 29.3. The first-order valence-electron chi connectivity index (χ1n) is 8.97. The third-order valence-electron chi connectivity index (χ3n) is 5.08. The zero-order valence-corrected chi connectivity index (χ0v) is 15.6. The average Bonchev–Trinajstić information content (AvgIpc) is 3.30. The van der Waals surface area contributed by atoms with Crippen molar-refractivity contribution in [1.29, 1.82) is 0 Å². The Hall–Kier alpha value is -2.27. The molecule has 0 bridgehead atoms. The third-order valence-corrected chi connectivity index (χ3v) is 6.34. The Morgan fingerprint density at radius 1 is 1.08 bits per heavy atom. The van der Waals surface area contributed by atoms with Crippen LogP contribution in [0.25, 0.3) is 0 Å². The molecule has 2 aromatic rings. The molecule has 2 heterocycles. The van der Waals surface area contributed by atoms with Crippen LogP contribution in [-0.4, -0.2) is 35.6 Å². The molecule has 0 N–H and O–H groups in total. The van der Waals surface area contributed by atoms with E-state index >= 15 is 0 Å². The van der Waals surface area contributed by atoms with E-state index in [4.69, 9.17) is 0 Å². The number of carbonyl (C=O) groups excluding carboxylic acids is 2. The molecule has 0 spiro atoms. The number of aryl methyl sites for hydroxylation is 1. The summed E-state index contributed by atoms with van der Waals surface area (Å²) in [6.45, 7) is 3.25. The number of benzene rings is 2. The van der Waals surface area contributed by atoms with Gasteiger partial charge in [-0.1, -0.05) is 48.0 Å². The zero-order chi connectivity index (χ0) is 18.1. The monoisotopic (exact) mass is 366 g/mol. The molecule has 0 aromatic heterocycles. The highest BCUT2D eigenvalue weighted by Gasteiger charge is 2.40. The second-order valence-electron chi connectivity index (χ2n) is 6.91. The molecule has 2 amide bonds. The first-order valence-corrected chi connectivity index (χ1v) is 10.0. The minimum Gasteiger partial charge on any atom is -0.325 e. The Morgan fingerprint density at radius 3 is 2.54 bits per heavy atom. The van der Waals surface area contributed by atoms with Crippen LogP contribution in [0.5, 0.6) is 0 Å². The van der Waals surface area contributed by atoms with Gasteiger partial charge in [-0.3, -0.25) is 9.59 Å². The molecule has 5 heteroatoms. The van der Waals surface area contributed by atoms with Crippen molar-refractivity contribution in [2.75, 3.05) is 23.7 Å². The average molecular weight is 366 g/mol. The molecule has 2 unspecified atom stereocenters. The fourth-order valence-electron chi connectivity index (χ4n) is 3.67. The predicted octanol–water partition coefficient (Wildman–Crippen LogP) is 3.62. The van der Waals surface area contributed by atoms with Crippen LogP contribution >= 0.6 is 11.8 Å².